The SMILES string of the molecule is CC(=O)C(=O)C(c1cccc(NC(=O)Nc2cc(C(C)(C)C)nn2-c2ccc(C)cc2)c1)C1CCNCC1. The average Bonchev–Trinajstić information content (AvgIpc) is 3.29. The number of anilines is 2. The minimum atomic E-state index is -0.517. The molecule has 1 aliphatic heterocycles. The number of aryl methyl sites for hydroxylation is 1. The van der Waals surface area contributed by atoms with E-state index in [0.717, 1.165) is 48.4 Å². The van der Waals surface area contributed by atoms with Crippen LogP contribution in [-0.2, 0) is 15.0 Å². The van der Waals surface area contributed by atoms with Gasteiger partial charge >= 0.3 is 6.03 Å². The van der Waals surface area contributed by atoms with Gasteiger partial charge in [-0.15, -0.1) is 0 Å². The molecule has 2 heterocycles. The number of aromatic nitrogens is 2. The van der Waals surface area contributed by atoms with E-state index in [0.29, 0.717) is 11.5 Å². The van der Waals surface area contributed by atoms with E-state index in [1.54, 1.807) is 22.9 Å². The van der Waals surface area contributed by atoms with Gasteiger partial charge < -0.3 is 10.6 Å². The zero-order valence-electron chi connectivity index (χ0n) is 22.8. The first-order valence-electron chi connectivity index (χ1n) is 13.1. The van der Waals surface area contributed by atoms with Crippen LogP contribution >= 0.6 is 0 Å². The third-order valence-corrected chi connectivity index (χ3v) is 6.99. The number of nitrogens with one attached hydrogen (secondary N) is 3. The molecule has 38 heavy (non-hydrogen) atoms. The molecule has 0 saturated carbocycles. The van der Waals surface area contributed by atoms with Crippen molar-refractivity contribution in [3.63, 3.8) is 0 Å². The molecule has 3 N–H and O–H groups in total. The molecule has 1 saturated heterocycles. The molecule has 0 spiro atoms. The highest BCUT2D eigenvalue weighted by Crippen LogP contribution is 2.33. The van der Waals surface area contributed by atoms with Gasteiger partial charge in [0.2, 0.25) is 5.78 Å². The van der Waals surface area contributed by atoms with E-state index in [4.69, 9.17) is 5.10 Å². The van der Waals surface area contributed by atoms with Crippen molar-refractivity contribution >= 4 is 29.1 Å². The van der Waals surface area contributed by atoms with Crippen molar-refractivity contribution < 1.29 is 14.4 Å². The Morgan fingerprint density at radius 2 is 1.68 bits per heavy atom. The Labute approximate surface area is 224 Å². The third-order valence-electron chi connectivity index (χ3n) is 6.99. The van der Waals surface area contributed by atoms with Crippen LogP contribution in [0.2, 0.25) is 0 Å². The molecule has 0 bridgehead atoms. The number of hydrogen-bond donors (Lipinski definition) is 3. The number of carbonyl (C=O) groups excluding carboxylic acids is 3. The second-order valence-electron chi connectivity index (χ2n) is 11.1. The number of hydrogen-bond acceptors (Lipinski definition) is 5. The smallest absolute Gasteiger partial charge is 0.317 e. The number of benzene rings is 2. The number of urea groups is 1. The van der Waals surface area contributed by atoms with Gasteiger partial charge in [-0.2, -0.15) is 5.10 Å². The van der Waals surface area contributed by atoms with Gasteiger partial charge in [-0.25, -0.2) is 9.48 Å². The molecule has 2 amide bonds. The molecule has 8 heteroatoms. The highest BCUT2D eigenvalue weighted by atomic mass is 16.2. The Balaban J connectivity index is 1.57. The lowest BCUT2D eigenvalue weighted by molar-refractivity contribution is -0.137. The predicted molar refractivity (Wildman–Crippen MR) is 150 cm³/mol. The van der Waals surface area contributed by atoms with Crippen molar-refractivity contribution in [2.45, 2.75) is 58.8 Å². The number of rotatable bonds is 7. The molecule has 8 nitrogen and oxygen atoms in total. The molecular formula is C30H37N5O3. The maximum Gasteiger partial charge on any atom is 0.324 e. The van der Waals surface area contributed by atoms with Crippen molar-refractivity contribution in [3.8, 4) is 5.69 Å². The van der Waals surface area contributed by atoms with Gasteiger partial charge in [0.1, 0.15) is 5.82 Å². The van der Waals surface area contributed by atoms with E-state index in [-0.39, 0.29) is 17.1 Å². The van der Waals surface area contributed by atoms with Crippen LogP contribution in [0.5, 0.6) is 0 Å². The van der Waals surface area contributed by atoms with Crippen molar-refractivity contribution in [1.29, 1.82) is 0 Å². The molecule has 1 atom stereocenters. The van der Waals surface area contributed by atoms with Gasteiger partial charge in [-0.05, 0) is 68.6 Å². The summed E-state index contributed by atoms with van der Waals surface area (Å²) in [6.45, 7) is 11.2. The van der Waals surface area contributed by atoms with Crippen LogP contribution in [0, 0.1) is 12.8 Å². The standard InChI is InChI=1S/C30H37N5O3/c1-19-9-11-24(12-10-19)35-26(18-25(34-35)30(3,4)5)33-29(38)32-23-8-6-7-22(17-23)27(28(37)20(2)36)21-13-15-31-16-14-21/h6-12,17-18,21,27,31H,13-16H2,1-5H3,(H2,32,33,38). The first-order valence-corrected chi connectivity index (χ1v) is 13.1. The Hall–Kier alpha value is -3.78. The minimum Gasteiger partial charge on any atom is -0.317 e. The monoisotopic (exact) mass is 515 g/mol. The summed E-state index contributed by atoms with van der Waals surface area (Å²) in [5, 5.41) is 13.9. The van der Waals surface area contributed by atoms with Gasteiger partial charge in [-0.3, -0.25) is 14.9 Å². The number of nitrogens with zero attached hydrogens (tertiary/aromatic N) is 2. The van der Waals surface area contributed by atoms with Crippen molar-refractivity contribution in [3.05, 3.63) is 71.4 Å². The lowest BCUT2D eigenvalue weighted by atomic mass is 9.77. The fraction of sp³-hybridized carbons (Fsp3) is 0.400. The van der Waals surface area contributed by atoms with Crippen molar-refractivity contribution in [1.82, 2.24) is 15.1 Å². The normalized spacial score (nSPS) is 15.1. The molecule has 1 fully saturated rings. The van der Waals surface area contributed by atoms with Crippen molar-refractivity contribution in [2.24, 2.45) is 5.92 Å². The molecule has 4 rings (SSSR count). The topological polar surface area (TPSA) is 105 Å². The van der Waals surface area contributed by atoms with Crippen LogP contribution in [0.3, 0.4) is 0 Å². The van der Waals surface area contributed by atoms with Crippen molar-refractivity contribution in [2.75, 3.05) is 23.7 Å². The largest absolute Gasteiger partial charge is 0.324 e. The number of amides is 2. The Bertz CT molecular complexity index is 1310. The Morgan fingerprint density at radius 1 is 1.00 bits per heavy atom. The van der Waals surface area contributed by atoms with E-state index >= 15 is 0 Å². The molecule has 3 aromatic rings. The molecule has 2 aromatic carbocycles. The highest BCUT2D eigenvalue weighted by Gasteiger charge is 2.33. The predicted octanol–water partition coefficient (Wildman–Crippen LogP) is 5.36. The summed E-state index contributed by atoms with van der Waals surface area (Å²) in [4.78, 5) is 38.1. The summed E-state index contributed by atoms with van der Waals surface area (Å²) in [6.07, 6.45) is 1.64. The van der Waals surface area contributed by atoms with E-state index in [1.165, 1.54) is 6.92 Å². The summed E-state index contributed by atoms with van der Waals surface area (Å²) in [5.41, 5.74) is 3.92. The van der Waals surface area contributed by atoms with E-state index in [1.807, 2.05) is 43.3 Å². The summed E-state index contributed by atoms with van der Waals surface area (Å²) in [5.74, 6) is -0.709. The zero-order chi connectivity index (χ0) is 27.4. The second-order valence-corrected chi connectivity index (χ2v) is 11.1. The molecule has 1 unspecified atom stereocenters. The number of Topliss-reactive ketones (excluding diaryl/α,β-unsaturated/α-hetero) is 2. The van der Waals surface area contributed by atoms with Gasteiger partial charge in [0, 0.05) is 24.1 Å². The number of piperidine rings is 1. The fourth-order valence-electron chi connectivity index (χ4n) is 4.84. The number of carbonyl (C=O) groups is 3. The highest BCUT2D eigenvalue weighted by molar-refractivity contribution is 6.38. The molecular weight excluding hydrogens is 478 g/mol. The quantitative estimate of drug-likeness (QED) is 0.367. The van der Waals surface area contributed by atoms with Crippen LogP contribution in [0.4, 0.5) is 16.3 Å². The maximum absolute atomic E-state index is 13.1. The van der Waals surface area contributed by atoms with E-state index in [2.05, 4.69) is 36.7 Å². The first kappa shape index (κ1) is 27.3. The summed E-state index contributed by atoms with van der Waals surface area (Å²) in [6, 6.07) is 16.6. The summed E-state index contributed by atoms with van der Waals surface area (Å²) < 4.78 is 1.73. The lowest BCUT2D eigenvalue weighted by Gasteiger charge is -2.29. The van der Waals surface area contributed by atoms with Gasteiger partial charge in [0.25, 0.3) is 0 Å². The second kappa shape index (κ2) is 11.3. The van der Waals surface area contributed by atoms with Crippen LogP contribution < -0.4 is 16.0 Å². The lowest BCUT2D eigenvalue weighted by Crippen LogP contribution is -2.35. The zero-order valence-corrected chi connectivity index (χ0v) is 22.8. The van der Waals surface area contributed by atoms with E-state index in [9.17, 15) is 14.4 Å². The molecule has 1 aromatic heterocycles. The molecule has 0 radical (unpaired) electrons. The third kappa shape index (κ3) is 6.37. The fourth-order valence-corrected chi connectivity index (χ4v) is 4.84. The first-order chi connectivity index (χ1) is 18.0. The van der Waals surface area contributed by atoms with Crippen LogP contribution in [0.25, 0.3) is 5.69 Å². The van der Waals surface area contributed by atoms with E-state index < -0.39 is 17.7 Å². The van der Waals surface area contributed by atoms with Gasteiger partial charge in [0.15, 0.2) is 5.78 Å². The molecule has 0 aliphatic carbocycles. The summed E-state index contributed by atoms with van der Waals surface area (Å²) in [7, 11) is 0. The Morgan fingerprint density at radius 3 is 2.32 bits per heavy atom. The van der Waals surface area contributed by atoms with Crippen LogP contribution in [-0.4, -0.2) is 40.5 Å². The van der Waals surface area contributed by atoms with Gasteiger partial charge in [0.05, 0.1) is 17.3 Å². The van der Waals surface area contributed by atoms with Crippen LogP contribution in [0.15, 0.2) is 54.6 Å². The van der Waals surface area contributed by atoms with Gasteiger partial charge in [-0.1, -0.05) is 50.6 Å². The summed E-state index contributed by atoms with van der Waals surface area (Å²) >= 11 is 0. The number of ketones is 2. The minimum absolute atomic E-state index is 0.0800. The Kier molecular flexibility index (Phi) is 8.11. The van der Waals surface area contributed by atoms with Crippen LogP contribution in [0.1, 0.15) is 63.3 Å². The average molecular weight is 516 g/mol. The molecule has 1 aliphatic rings. The molecule has 200 valence electrons. The maximum atomic E-state index is 13.1.